The summed E-state index contributed by atoms with van der Waals surface area (Å²) in [6.45, 7) is 4.86. The molecule has 1 aliphatic heterocycles. The lowest BCUT2D eigenvalue weighted by Gasteiger charge is -2.49. The molecule has 2 aliphatic carbocycles. The average molecular weight is 290 g/mol. The van der Waals surface area contributed by atoms with Gasteiger partial charge in [-0.2, -0.15) is 0 Å². The van der Waals surface area contributed by atoms with Crippen molar-refractivity contribution in [1.82, 2.24) is 10.2 Å². The van der Waals surface area contributed by atoms with Crippen molar-refractivity contribution >= 4 is 11.3 Å². The summed E-state index contributed by atoms with van der Waals surface area (Å²) in [5.74, 6) is 0. The highest BCUT2D eigenvalue weighted by Crippen LogP contribution is 2.42. The fourth-order valence-electron chi connectivity index (χ4n) is 4.65. The minimum atomic E-state index is 0.445. The van der Waals surface area contributed by atoms with Crippen molar-refractivity contribution in [2.75, 3.05) is 13.1 Å². The van der Waals surface area contributed by atoms with Gasteiger partial charge in [0, 0.05) is 35.6 Å². The van der Waals surface area contributed by atoms with Gasteiger partial charge in [-0.15, -0.1) is 11.3 Å². The largest absolute Gasteiger partial charge is 0.308 e. The molecule has 2 nitrogen and oxygen atoms in total. The van der Waals surface area contributed by atoms with Crippen LogP contribution in [0.5, 0.6) is 0 Å². The van der Waals surface area contributed by atoms with E-state index in [1.165, 1.54) is 58.0 Å². The van der Waals surface area contributed by atoms with Crippen LogP contribution >= 0.6 is 11.3 Å². The van der Waals surface area contributed by atoms with Crippen LogP contribution in [0.25, 0.3) is 0 Å². The van der Waals surface area contributed by atoms with Gasteiger partial charge in [0.05, 0.1) is 0 Å². The van der Waals surface area contributed by atoms with Crippen molar-refractivity contribution in [3.63, 3.8) is 0 Å². The Morgan fingerprint density at radius 3 is 3.00 bits per heavy atom. The molecule has 1 aromatic heterocycles. The van der Waals surface area contributed by atoms with Gasteiger partial charge in [0.1, 0.15) is 0 Å². The van der Waals surface area contributed by atoms with E-state index in [1.807, 2.05) is 11.3 Å². The lowest BCUT2D eigenvalue weighted by molar-refractivity contribution is 0.0433. The van der Waals surface area contributed by atoms with Crippen molar-refractivity contribution in [1.29, 1.82) is 0 Å². The quantitative estimate of drug-likeness (QED) is 0.848. The van der Waals surface area contributed by atoms with Crippen LogP contribution in [0.1, 0.15) is 61.9 Å². The molecule has 1 aromatic rings. The highest BCUT2D eigenvalue weighted by Gasteiger charge is 2.42. The van der Waals surface area contributed by atoms with Gasteiger partial charge in [0.15, 0.2) is 0 Å². The number of thiophene rings is 1. The van der Waals surface area contributed by atoms with E-state index in [4.69, 9.17) is 0 Å². The van der Waals surface area contributed by atoms with Crippen molar-refractivity contribution in [3.05, 3.63) is 21.9 Å². The molecule has 1 spiro atoms. The Morgan fingerprint density at radius 2 is 2.15 bits per heavy atom. The van der Waals surface area contributed by atoms with E-state index < -0.39 is 0 Å². The molecular formula is C17H26N2S. The first-order valence-corrected chi connectivity index (χ1v) is 9.22. The Hall–Kier alpha value is -0.380. The van der Waals surface area contributed by atoms with E-state index >= 15 is 0 Å². The third-order valence-electron chi connectivity index (χ3n) is 5.81. The van der Waals surface area contributed by atoms with Crippen LogP contribution < -0.4 is 5.32 Å². The number of rotatable bonds is 1. The van der Waals surface area contributed by atoms with Crippen LogP contribution in [-0.4, -0.2) is 29.6 Å². The second-order valence-electron chi connectivity index (χ2n) is 7.10. The fourth-order valence-corrected chi connectivity index (χ4v) is 5.63. The van der Waals surface area contributed by atoms with E-state index in [0.717, 1.165) is 0 Å². The maximum Gasteiger partial charge on any atom is 0.0363 e. The zero-order valence-corrected chi connectivity index (χ0v) is 13.3. The molecule has 1 saturated carbocycles. The lowest BCUT2D eigenvalue weighted by atomic mass is 9.86. The molecule has 3 aliphatic rings. The van der Waals surface area contributed by atoms with Gasteiger partial charge >= 0.3 is 0 Å². The van der Waals surface area contributed by atoms with Gasteiger partial charge in [-0.3, -0.25) is 4.90 Å². The summed E-state index contributed by atoms with van der Waals surface area (Å²) < 4.78 is 0. The Balaban J connectivity index is 1.61. The number of fused-ring (bicyclic) bond motifs is 1. The summed E-state index contributed by atoms with van der Waals surface area (Å²) in [6.07, 6.45) is 9.67. The first-order chi connectivity index (χ1) is 9.77. The van der Waals surface area contributed by atoms with Gasteiger partial charge in [-0.1, -0.05) is 12.8 Å². The number of hydrogen-bond acceptors (Lipinski definition) is 3. The van der Waals surface area contributed by atoms with E-state index in [1.54, 1.807) is 10.4 Å². The predicted octanol–water partition coefficient (Wildman–Crippen LogP) is 3.73. The van der Waals surface area contributed by atoms with E-state index in [-0.39, 0.29) is 0 Å². The second-order valence-corrected chi connectivity index (χ2v) is 8.10. The fraction of sp³-hybridized carbons (Fsp3) is 0.765. The van der Waals surface area contributed by atoms with E-state index in [2.05, 4.69) is 28.6 Å². The standard InChI is InChI=1S/C17H26N2S/c1-13-11-18-17(8-2-3-9-17)12-19(13)15-5-4-6-16-14(15)7-10-20-16/h7,10,13,15,18H,2-6,8-9,11-12H2,1H3. The zero-order chi connectivity index (χ0) is 13.6. The molecule has 0 bridgehead atoms. The highest BCUT2D eigenvalue weighted by molar-refractivity contribution is 7.10. The van der Waals surface area contributed by atoms with Crippen LogP contribution in [0.2, 0.25) is 0 Å². The van der Waals surface area contributed by atoms with Gasteiger partial charge in [-0.25, -0.2) is 0 Å². The molecule has 0 radical (unpaired) electrons. The smallest absolute Gasteiger partial charge is 0.0363 e. The number of piperazine rings is 1. The molecule has 2 fully saturated rings. The maximum absolute atomic E-state index is 3.89. The summed E-state index contributed by atoms with van der Waals surface area (Å²) in [7, 11) is 0. The van der Waals surface area contributed by atoms with E-state index in [0.29, 0.717) is 17.6 Å². The summed E-state index contributed by atoms with van der Waals surface area (Å²) >= 11 is 1.98. The third-order valence-corrected chi connectivity index (χ3v) is 6.80. The third kappa shape index (κ3) is 2.15. The minimum absolute atomic E-state index is 0.445. The molecule has 3 heteroatoms. The van der Waals surface area contributed by atoms with Crippen molar-refractivity contribution in [3.8, 4) is 0 Å². The topological polar surface area (TPSA) is 15.3 Å². The second kappa shape index (κ2) is 5.11. The molecular weight excluding hydrogens is 264 g/mol. The first-order valence-electron chi connectivity index (χ1n) is 8.34. The van der Waals surface area contributed by atoms with Crippen LogP contribution in [-0.2, 0) is 6.42 Å². The van der Waals surface area contributed by atoms with Crippen LogP contribution in [0.4, 0.5) is 0 Å². The lowest BCUT2D eigenvalue weighted by Crippen LogP contribution is -2.63. The van der Waals surface area contributed by atoms with Crippen LogP contribution in [0.15, 0.2) is 11.4 Å². The Labute approximate surface area is 126 Å². The summed E-state index contributed by atoms with van der Waals surface area (Å²) in [6, 6.07) is 3.77. The van der Waals surface area contributed by atoms with Gasteiger partial charge in [0.25, 0.3) is 0 Å². The van der Waals surface area contributed by atoms with Crippen LogP contribution in [0, 0.1) is 0 Å². The summed E-state index contributed by atoms with van der Waals surface area (Å²) in [4.78, 5) is 4.50. The molecule has 110 valence electrons. The van der Waals surface area contributed by atoms with Gasteiger partial charge in [-0.05, 0) is 56.0 Å². The SMILES string of the molecule is CC1CNC2(CCCC2)CN1C1CCCc2sccc21. The zero-order valence-electron chi connectivity index (χ0n) is 12.5. The number of hydrogen-bond donors (Lipinski definition) is 1. The van der Waals surface area contributed by atoms with Crippen LogP contribution in [0.3, 0.4) is 0 Å². The monoisotopic (exact) mass is 290 g/mol. The molecule has 2 heterocycles. The molecule has 0 amide bonds. The van der Waals surface area contributed by atoms with Crippen molar-refractivity contribution in [2.24, 2.45) is 0 Å². The molecule has 20 heavy (non-hydrogen) atoms. The van der Waals surface area contributed by atoms with E-state index in [9.17, 15) is 0 Å². The molecule has 0 aromatic carbocycles. The highest BCUT2D eigenvalue weighted by atomic mass is 32.1. The first kappa shape index (κ1) is 13.3. The molecule has 2 atom stereocenters. The van der Waals surface area contributed by atoms with Crippen molar-refractivity contribution < 1.29 is 0 Å². The Bertz CT molecular complexity index is 475. The summed E-state index contributed by atoms with van der Waals surface area (Å²) in [5.41, 5.74) is 2.10. The van der Waals surface area contributed by atoms with Gasteiger partial charge in [0.2, 0.25) is 0 Å². The summed E-state index contributed by atoms with van der Waals surface area (Å²) in [5, 5.41) is 6.20. The maximum atomic E-state index is 3.89. The average Bonchev–Trinajstić information content (AvgIpc) is 3.11. The number of aryl methyl sites for hydroxylation is 1. The number of nitrogens with one attached hydrogen (secondary N) is 1. The number of nitrogens with zero attached hydrogens (tertiary/aromatic N) is 1. The van der Waals surface area contributed by atoms with Crippen molar-refractivity contribution in [2.45, 2.75) is 69.5 Å². The normalized spacial score (nSPS) is 33.5. The molecule has 4 rings (SSSR count). The molecule has 2 unspecified atom stereocenters. The predicted molar refractivity (Wildman–Crippen MR) is 85.4 cm³/mol. The molecule has 1 saturated heterocycles. The Morgan fingerprint density at radius 1 is 1.30 bits per heavy atom. The van der Waals surface area contributed by atoms with Gasteiger partial charge < -0.3 is 5.32 Å². The molecule has 1 N–H and O–H groups in total. The minimum Gasteiger partial charge on any atom is -0.308 e. The Kier molecular flexibility index (Phi) is 3.40.